The SMILES string of the molecule is COc1ccc2c(c1)n(C1CCN(CC(O)Cn3nc(-c4ccc(C(F)(F)F)cc4)c4c3CCN(S(C)(=O)=O)C4)CC1)c(=O)n2C. The van der Waals surface area contributed by atoms with Crippen molar-refractivity contribution >= 4 is 21.1 Å². The van der Waals surface area contributed by atoms with Crippen LogP contribution in [0.5, 0.6) is 5.75 Å². The molecule has 46 heavy (non-hydrogen) atoms. The predicted molar refractivity (Wildman–Crippen MR) is 166 cm³/mol. The maximum Gasteiger partial charge on any atom is 0.416 e. The molecule has 11 nitrogen and oxygen atoms in total. The molecule has 0 amide bonds. The third-order valence-corrected chi connectivity index (χ3v) is 10.4. The van der Waals surface area contributed by atoms with E-state index in [9.17, 15) is 31.5 Å². The first-order valence-corrected chi connectivity index (χ1v) is 17.0. The summed E-state index contributed by atoms with van der Waals surface area (Å²) in [5.41, 5.74) is 3.03. The molecule has 2 aromatic heterocycles. The van der Waals surface area contributed by atoms with Crippen molar-refractivity contribution in [2.75, 3.05) is 39.5 Å². The zero-order chi connectivity index (χ0) is 33.0. The molecular formula is C31H37F3N6O5S. The van der Waals surface area contributed by atoms with Crippen LogP contribution in [0.15, 0.2) is 47.3 Å². The molecule has 2 aliphatic rings. The van der Waals surface area contributed by atoms with E-state index in [1.165, 1.54) is 16.4 Å². The average Bonchev–Trinajstić information content (AvgIpc) is 3.49. The van der Waals surface area contributed by atoms with Gasteiger partial charge in [-0.2, -0.15) is 22.6 Å². The Kier molecular flexibility index (Phi) is 8.54. The van der Waals surface area contributed by atoms with Crippen LogP contribution in [-0.2, 0) is 42.8 Å². The molecular weight excluding hydrogens is 625 g/mol. The zero-order valence-corrected chi connectivity index (χ0v) is 26.7. The normalized spacial score (nSPS) is 17.8. The van der Waals surface area contributed by atoms with Crippen molar-refractivity contribution in [2.24, 2.45) is 7.05 Å². The number of hydrogen-bond donors (Lipinski definition) is 1. The second kappa shape index (κ2) is 12.2. The quantitative estimate of drug-likeness (QED) is 0.308. The van der Waals surface area contributed by atoms with Crippen LogP contribution in [0, 0.1) is 0 Å². The molecule has 0 radical (unpaired) electrons. The number of alkyl halides is 3. The molecule has 248 valence electrons. The van der Waals surface area contributed by atoms with Crippen molar-refractivity contribution in [2.45, 2.75) is 50.7 Å². The van der Waals surface area contributed by atoms with E-state index in [1.807, 2.05) is 22.8 Å². The molecule has 0 spiro atoms. The Hall–Kier alpha value is -3.66. The Morgan fingerprint density at radius 1 is 1.04 bits per heavy atom. The molecule has 1 fully saturated rings. The number of benzene rings is 2. The zero-order valence-electron chi connectivity index (χ0n) is 25.9. The fraction of sp³-hybridized carbons (Fsp3) is 0.484. The van der Waals surface area contributed by atoms with Crippen LogP contribution in [0.4, 0.5) is 13.2 Å². The van der Waals surface area contributed by atoms with E-state index in [1.54, 1.807) is 23.4 Å². The summed E-state index contributed by atoms with van der Waals surface area (Å²) in [6.07, 6.45) is -2.36. The second-order valence-electron chi connectivity index (χ2n) is 12.1. The number of ether oxygens (including phenoxy) is 1. The van der Waals surface area contributed by atoms with Crippen molar-refractivity contribution in [3.05, 3.63) is 69.8 Å². The summed E-state index contributed by atoms with van der Waals surface area (Å²) in [7, 11) is -0.155. The summed E-state index contributed by atoms with van der Waals surface area (Å²) < 4.78 is 76.1. The minimum absolute atomic E-state index is 0.00100. The number of hydrogen-bond acceptors (Lipinski definition) is 7. The van der Waals surface area contributed by atoms with Gasteiger partial charge in [0.15, 0.2) is 0 Å². The van der Waals surface area contributed by atoms with Crippen molar-refractivity contribution in [3.63, 3.8) is 0 Å². The standard InChI is InChI=1S/C31H37F3N6O5S/c1-36-27-9-8-24(45-2)16-28(27)40(30(36)42)22-10-13-37(14-11-22)17-23(41)18-39-26-12-15-38(46(3,43)44)19-25(26)29(35-39)20-4-6-21(7-5-20)31(32,33)34/h4-9,16,22-23,41H,10-15,17-19H2,1-3H3. The maximum absolute atomic E-state index is 13.2. The Morgan fingerprint density at radius 2 is 1.74 bits per heavy atom. The molecule has 0 bridgehead atoms. The molecule has 1 unspecified atom stereocenters. The van der Waals surface area contributed by atoms with Gasteiger partial charge in [-0.1, -0.05) is 12.1 Å². The topological polar surface area (TPSA) is 115 Å². The molecule has 1 N–H and O–H groups in total. The smallest absolute Gasteiger partial charge is 0.416 e. The number of sulfonamides is 1. The van der Waals surface area contributed by atoms with E-state index in [0.29, 0.717) is 48.6 Å². The number of imidazole rings is 1. The minimum Gasteiger partial charge on any atom is -0.497 e. The van der Waals surface area contributed by atoms with Crippen molar-refractivity contribution in [1.29, 1.82) is 0 Å². The summed E-state index contributed by atoms with van der Waals surface area (Å²) >= 11 is 0. The highest BCUT2D eigenvalue weighted by atomic mass is 32.2. The number of piperidine rings is 1. The van der Waals surface area contributed by atoms with Gasteiger partial charge in [0.25, 0.3) is 0 Å². The molecule has 1 saturated heterocycles. The van der Waals surface area contributed by atoms with Crippen LogP contribution in [-0.4, -0.2) is 87.3 Å². The predicted octanol–water partition coefficient (Wildman–Crippen LogP) is 3.25. The van der Waals surface area contributed by atoms with Crippen LogP contribution in [0.2, 0.25) is 0 Å². The molecule has 6 rings (SSSR count). The number of aromatic nitrogens is 4. The van der Waals surface area contributed by atoms with E-state index < -0.39 is 27.9 Å². The molecule has 2 aromatic carbocycles. The number of aliphatic hydroxyl groups excluding tert-OH is 1. The third-order valence-electron chi connectivity index (χ3n) is 9.13. The van der Waals surface area contributed by atoms with Gasteiger partial charge in [-0.05, 0) is 37.1 Å². The molecule has 0 aliphatic carbocycles. The monoisotopic (exact) mass is 662 g/mol. The van der Waals surface area contributed by atoms with Crippen LogP contribution in [0.3, 0.4) is 0 Å². The van der Waals surface area contributed by atoms with Gasteiger partial charge in [-0.3, -0.25) is 13.8 Å². The van der Waals surface area contributed by atoms with Gasteiger partial charge < -0.3 is 14.7 Å². The summed E-state index contributed by atoms with van der Waals surface area (Å²) in [5.74, 6) is 0.679. The summed E-state index contributed by atoms with van der Waals surface area (Å²) in [4.78, 5) is 15.3. The number of nitrogens with zero attached hydrogens (tertiary/aromatic N) is 6. The van der Waals surface area contributed by atoms with Crippen molar-refractivity contribution in [3.8, 4) is 17.0 Å². The van der Waals surface area contributed by atoms with Crippen molar-refractivity contribution in [1.82, 2.24) is 28.1 Å². The van der Waals surface area contributed by atoms with Gasteiger partial charge in [0.05, 0.1) is 48.3 Å². The number of β-amino-alcohol motifs (C(OH)–C–C–N with tert-alkyl or cyclic N) is 1. The van der Waals surface area contributed by atoms with E-state index in [0.717, 1.165) is 48.0 Å². The first kappa shape index (κ1) is 32.3. The fourth-order valence-electron chi connectivity index (χ4n) is 6.69. The number of fused-ring (bicyclic) bond motifs is 2. The largest absolute Gasteiger partial charge is 0.497 e. The molecule has 2 aliphatic heterocycles. The molecule has 1 atom stereocenters. The molecule has 15 heteroatoms. The number of rotatable bonds is 8. The maximum atomic E-state index is 13.2. The van der Waals surface area contributed by atoms with E-state index in [4.69, 9.17) is 9.84 Å². The van der Waals surface area contributed by atoms with Crippen LogP contribution in [0.1, 0.15) is 35.7 Å². The van der Waals surface area contributed by atoms with Crippen LogP contribution < -0.4 is 10.4 Å². The Morgan fingerprint density at radius 3 is 2.37 bits per heavy atom. The van der Waals surface area contributed by atoms with Crippen LogP contribution in [0.25, 0.3) is 22.3 Å². The number of aryl methyl sites for hydroxylation is 1. The average molecular weight is 663 g/mol. The lowest BCUT2D eigenvalue weighted by atomic mass is 10.0. The van der Waals surface area contributed by atoms with Crippen molar-refractivity contribution < 1.29 is 31.4 Å². The number of halogens is 3. The first-order chi connectivity index (χ1) is 21.7. The van der Waals surface area contributed by atoms with E-state index in [2.05, 4.69) is 4.90 Å². The minimum atomic E-state index is -4.48. The third kappa shape index (κ3) is 6.20. The van der Waals surface area contributed by atoms with Crippen LogP contribution >= 0.6 is 0 Å². The first-order valence-electron chi connectivity index (χ1n) is 15.1. The molecule has 4 aromatic rings. The lowest BCUT2D eigenvalue weighted by Gasteiger charge is -2.33. The fourth-order valence-corrected chi connectivity index (χ4v) is 7.48. The lowest BCUT2D eigenvalue weighted by Crippen LogP contribution is -2.42. The van der Waals surface area contributed by atoms with Gasteiger partial charge in [0.2, 0.25) is 10.0 Å². The number of aliphatic hydroxyl groups is 1. The van der Waals surface area contributed by atoms with Gasteiger partial charge >= 0.3 is 11.9 Å². The number of methoxy groups -OCH3 is 1. The lowest BCUT2D eigenvalue weighted by molar-refractivity contribution is -0.137. The van der Waals surface area contributed by atoms with Gasteiger partial charge in [-0.25, -0.2) is 13.2 Å². The Bertz CT molecular complexity index is 1910. The summed E-state index contributed by atoms with van der Waals surface area (Å²) in [6, 6.07) is 10.2. The van der Waals surface area contributed by atoms with E-state index >= 15 is 0 Å². The summed E-state index contributed by atoms with van der Waals surface area (Å²) in [6.45, 7) is 2.15. The molecule has 0 saturated carbocycles. The number of likely N-dealkylation sites (tertiary alicyclic amines) is 1. The Labute approximate surface area is 264 Å². The summed E-state index contributed by atoms with van der Waals surface area (Å²) in [5, 5.41) is 15.9. The van der Waals surface area contributed by atoms with E-state index in [-0.39, 0.29) is 31.4 Å². The van der Waals surface area contributed by atoms with Gasteiger partial charge in [-0.15, -0.1) is 0 Å². The van der Waals surface area contributed by atoms with Gasteiger partial charge in [0.1, 0.15) is 5.75 Å². The highest BCUT2D eigenvalue weighted by Crippen LogP contribution is 2.35. The van der Waals surface area contributed by atoms with Gasteiger partial charge in [0, 0.05) is 75.1 Å². The molecule has 4 heterocycles. The second-order valence-corrected chi connectivity index (χ2v) is 14.1. The highest BCUT2D eigenvalue weighted by Gasteiger charge is 2.33. The highest BCUT2D eigenvalue weighted by molar-refractivity contribution is 7.88. The Balaban J connectivity index is 1.17.